The summed E-state index contributed by atoms with van der Waals surface area (Å²) in [5.74, 6) is -0.374. The Morgan fingerprint density at radius 2 is 1.75 bits per heavy atom. The number of hydrogen-bond acceptors (Lipinski definition) is 3. The highest BCUT2D eigenvalue weighted by molar-refractivity contribution is 6.35. The van der Waals surface area contributed by atoms with Crippen LogP contribution in [-0.2, 0) is 16.0 Å². The van der Waals surface area contributed by atoms with E-state index in [9.17, 15) is 9.59 Å². The number of carbonyl (C=O) groups excluding carboxylic acids is 2. The number of nitrogens with zero attached hydrogens (tertiary/aromatic N) is 1. The molecule has 0 bridgehead atoms. The molecule has 1 fully saturated rings. The van der Waals surface area contributed by atoms with Gasteiger partial charge in [0.25, 0.3) is 0 Å². The molecular weight excluding hydrogens is 349 g/mol. The van der Waals surface area contributed by atoms with Crippen LogP contribution in [0.5, 0.6) is 0 Å². The van der Waals surface area contributed by atoms with Crippen LogP contribution in [0.1, 0.15) is 18.4 Å². The van der Waals surface area contributed by atoms with E-state index < -0.39 is 5.41 Å². The van der Waals surface area contributed by atoms with Gasteiger partial charge in [0.15, 0.2) is 0 Å². The van der Waals surface area contributed by atoms with E-state index in [2.05, 4.69) is 10.6 Å². The van der Waals surface area contributed by atoms with Gasteiger partial charge in [-0.1, -0.05) is 29.3 Å². The molecule has 2 N–H and O–H groups in total. The molecule has 1 aromatic rings. The molecule has 0 heterocycles. The molecule has 7 heteroatoms. The second kappa shape index (κ2) is 8.19. The van der Waals surface area contributed by atoms with Gasteiger partial charge in [0.1, 0.15) is 5.41 Å². The van der Waals surface area contributed by atoms with E-state index in [0.29, 0.717) is 42.4 Å². The Kier molecular flexibility index (Phi) is 6.49. The van der Waals surface area contributed by atoms with Gasteiger partial charge in [-0.15, -0.1) is 0 Å². The maximum absolute atomic E-state index is 12.4. The Morgan fingerprint density at radius 1 is 1.12 bits per heavy atom. The van der Waals surface area contributed by atoms with Gasteiger partial charge in [0.2, 0.25) is 11.8 Å². The molecule has 2 rings (SSSR count). The molecule has 2 amide bonds. The molecule has 0 saturated heterocycles. The first-order valence-electron chi connectivity index (χ1n) is 8.00. The molecule has 1 saturated carbocycles. The van der Waals surface area contributed by atoms with Gasteiger partial charge < -0.3 is 15.5 Å². The van der Waals surface area contributed by atoms with Crippen molar-refractivity contribution in [2.75, 3.05) is 33.7 Å². The van der Waals surface area contributed by atoms with Crippen LogP contribution in [0.25, 0.3) is 0 Å². The lowest BCUT2D eigenvalue weighted by Gasteiger charge is -2.17. The first-order valence-corrected chi connectivity index (χ1v) is 8.76. The van der Waals surface area contributed by atoms with Crippen LogP contribution in [-0.4, -0.2) is 50.4 Å². The molecule has 1 aromatic carbocycles. The molecule has 1 aliphatic carbocycles. The van der Waals surface area contributed by atoms with Crippen LogP contribution in [0.2, 0.25) is 10.0 Å². The van der Waals surface area contributed by atoms with Gasteiger partial charge in [0, 0.05) is 29.7 Å². The zero-order valence-electron chi connectivity index (χ0n) is 14.0. The summed E-state index contributed by atoms with van der Waals surface area (Å²) in [5, 5.41) is 6.86. The molecule has 0 aliphatic heterocycles. The first kappa shape index (κ1) is 19.0. The van der Waals surface area contributed by atoms with Crippen LogP contribution in [0.3, 0.4) is 0 Å². The number of halogens is 2. The standard InChI is InChI=1S/C17H23Cl2N3O2/c1-22(2)10-9-21-16(24)17(6-7-17)15(23)20-8-5-12-3-4-13(18)11-14(12)19/h3-4,11H,5-10H2,1-2H3,(H,20,23)(H,21,24). The number of likely N-dealkylation sites (N-methyl/N-ethyl adjacent to an activating group) is 1. The Bertz CT molecular complexity index is 616. The normalized spacial score (nSPS) is 15.2. The fourth-order valence-electron chi connectivity index (χ4n) is 2.45. The van der Waals surface area contributed by atoms with Crippen LogP contribution >= 0.6 is 23.2 Å². The van der Waals surface area contributed by atoms with Crippen LogP contribution in [0, 0.1) is 5.41 Å². The fourth-order valence-corrected chi connectivity index (χ4v) is 2.95. The van der Waals surface area contributed by atoms with E-state index in [1.807, 2.05) is 25.1 Å². The van der Waals surface area contributed by atoms with Crippen molar-refractivity contribution < 1.29 is 9.59 Å². The summed E-state index contributed by atoms with van der Waals surface area (Å²) in [7, 11) is 3.88. The Hall–Kier alpha value is -1.30. The van der Waals surface area contributed by atoms with Crippen molar-refractivity contribution in [3.8, 4) is 0 Å². The lowest BCUT2D eigenvalue weighted by molar-refractivity contribution is -0.137. The summed E-state index contributed by atoms with van der Waals surface area (Å²) in [5.41, 5.74) is 0.0393. The summed E-state index contributed by atoms with van der Waals surface area (Å²) in [6.45, 7) is 1.73. The Labute approximate surface area is 152 Å². The van der Waals surface area contributed by atoms with Gasteiger partial charge >= 0.3 is 0 Å². The van der Waals surface area contributed by atoms with Crippen molar-refractivity contribution in [3.63, 3.8) is 0 Å². The zero-order chi connectivity index (χ0) is 17.7. The van der Waals surface area contributed by atoms with Crippen molar-refractivity contribution in [1.29, 1.82) is 0 Å². The third-order valence-electron chi connectivity index (χ3n) is 4.16. The molecule has 1 aliphatic rings. The molecule has 0 radical (unpaired) electrons. The quantitative estimate of drug-likeness (QED) is 0.688. The van der Waals surface area contributed by atoms with E-state index in [1.54, 1.807) is 12.1 Å². The van der Waals surface area contributed by atoms with Crippen LogP contribution in [0.4, 0.5) is 0 Å². The van der Waals surface area contributed by atoms with E-state index in [1.165, 1.54) is 0 Å². The third kappa shape index (κ3) is 4.85. The van der Waals surface area contributed by atoms with E-state index in [0.717, 1.165) is 12.1 Å². The van der Waals surface area contributed by atoms with E-state index in [-0.39, 0.29) is 11.8 Å². The predicted molar refractivity (Wildman–Crippen MR) is 96.4 cm³/mol. The number of carbonyl (C=O) groups is 2. The highest BCUT2D eigenvalue weighted by atomic mass is 35.5. The minimum atomic E-state index is -0.879. The largest absolute Gasteiger partial charge is 0.355 e. The van der Waals surface area contributed by atoms with Gasteiger partial charge in [-0.05, 0) is 51.1 Å². The summed E-state index contributed by atoms with van der Waals surface area (Å²) < 4.78 is 0. The maximum Gasteiger partial charge on any atom is 0.235 e. The third-order valence-corrected chi connectivity index (χ3v) is 4.75. The van der Waals surface area contributed by atoms with Gasteiger partial charge in [-0.2, -0.15) is 0 Å². The molecule has 24 heavy (non-hydrogen) atoms. The number of nitrogens with one attached hydrogen (secondary N) is 2. The second-order valence-electron chi connectivity index (χ2n) is 6.38. The molecule has 0 unspecified atom stereocenters. The zero-order valence-corrected chi connectivity index (χ0v) is 15.5. The lowest BCUT2D eigenvalue weighted by Crippen LogP contribution is -2.45. The molecule has 0 atom stereocenters. The summed E-state index contributed by atoms with van der Waals surface area (Å²) in [6.07, 6.45) is 1.81. The maximum atomic E-state index is 12.4. The van der Waals surface area contributed by atoms with E-state index in [4.69, 9.17) is 23.2 Å². The molecule has 132 valence electrons. The monoisotopic (exact) mass is 371 g/mol. The topological polar surface area (TPSA) is 61.4 Å². The van der Waals surface area contributed by atoms with Gasteiger partial charge in [0.05, 0.1) is 0 Å². The van der Waals surface area contributed by atoms with Gasteiger partial charge in [-0.25, -0.2) is 0 Å². The SMILES string of the molecule is CN(C)CCNC(=O)C1(C(=O)NCCc2ccc(Cl)cc2Cl)CC1. The second-order valence-corrected chi connectivity index (χ2v) is 7.23. The van der Waals surface area contributed by atoms with Crippen molar-refractivity contribution in [2.24, 2.45) is 5.41 Å². The van der Waals surface area contributed by atoms with Gasteiger partial charge in [-0.3, -0.25) is 9.59 Å². The smallest absolute Gasteiger partial charge is 0.235 e. The Morgan fingerprint density at radius 3 is 2.29 bits per heavy atom. The number of hydrogen-bond donors (Lipinski definition) is 2. The minimum absolute atomic E-state index is 0.175. The number of benzene rings is 1. The van der Waals surface area contributed by atoms with E-state index >= 15 is 0 Å². The predicted octanol–water partition coefficient (Wildman–Crippen LogP) is 2.11. The average molecular weight is 372 g/mol. The number of amides is 2. The lowest BCUT2D eigenvalue weighted by atomic mass is 10.0. The molecule has 0 aromatic heterocycles. The summed E-state index contributed by atoms with van der Waals surface area (Å²) in [6, 6.07) is 5.30. The van der Waals surface area contributed by atoms with Crippen molar-refractivity contribution in [3.05, 3.63) is 33.8 Å². The highest BCUT2D eigenvalue weighted by Crippen LogP contribution is 2.46. The minimum Gasteiger partial charge on any atom is -0.355 e. The summed E-state index contributed by atoms with van der Waals surface area (Å²) >= 11 is 12.0. The number of rotatable bonds is 8. The van der Waals surface area contributed by atoms with Crippen molar-refractivity contribution in [2.45, 2.75) is 19.3 Å². The highest BCUT2D eigenvalue weighted by Gasteiger charge is 2.56. The average Bonchev–Trinajstić information content (AvgIpc) is 3.30. The molecule has 5 nitrogen and oxygen atoms in total. The van der Waals surface area contributed by atoms with Crippen LogP contribution < -0.4 is 10.6 Å². The molecule has 0 spiro atoms. The van der Waals surface area contributed by atoms with Crippen molar-refractivity contribution >= 4 is 35.0 Å². The molecular formula is C17H23Cl2N3O2. The van der Waals surface area contributed by atoms with Crippen molar-refractivity contribution in [1.82, 2.24) is 15.5 Å². The summed E-state index contributed by atoms with van der Waals surface area (Å²) in [4.78, 5) is 26.6. The first-order chi connectivity index (χ1) is 11.3. The van der Waals surface area contributed by atoms with Crippen LogP contribution in [0.15, 0.2) is 18.2 Å². The fraction of sp³-hybridized carbons (Fsp3) is 0.529. The Balaban J connectivity index is 1.80.